The summed E-state index contributed by atoms with van der Waals surface area (Å²) in [7, 11) is 0. The minimum atomic E-state index is 0.0966. The van der Waals surface area contributed by atoms with Gasteiger partial charge in [-0.2, -0.15) is 0 Å². The summed E-state index contributed by atoms with van der Waals surface area (Å²) in [5.41, 5.74) is 1.35. The van der Waals surface area contributed by atoms with Crippen LogP contribution in [-0.2, 0) is 6.42 Å². The molecule has 0 saturated carbocycles. The van der Waals surface area contributed by atoms with E-state index in [1.165, 1.54) is 5.56 Å². The van der Waals surface area contributed by atoms with E-state index >= 15 is 0 Å². The van der Waals surface area contributed by atoms with Gasteiger partial charge in [-0.3, -0.25) is 0 Å². The Bertz CT molecular complexity index is 337. The lowest BCUT2D eigenvalue weighted by atomic mass is 10.1. The summed E-state index contributed by atoms with van der Waals surface area (Å²) in [5.74, 6) is 0. The molecule has 0 bridgehead atoms. The standard InChI is InChI=1S/C13H18N2O/c16-13-14-9-5-11-15(13)10-4-8-12-6-2-1-3-7-12/h1-3,6-7H,4-5,8-11H2,(H,14,16). The van der Waals surface area contributed by atoms with Gasteiger partial charge in [-0.1, -0.05) is 30.3 Å². The number of nitrogens with one attached hydrogen (secondary N) is 1. The van der Waals surface area contributed by atoms with Gasteiger partial charge in [0.05, 0.1) is 0 Å². The zero-order valence-electron chi connectivity index (χ0n) is 9.48. The minimum Gasteiger partial charge on any atom is -0.338 e. The zero-order chi connectivity index (χ0) is 11.2. The summed E-state index contributed by atoms with van der Waals surface area (Å²) < 4.78 is 0. The highest BCUT2D eigenvalue weighted by atomic mass is 16.2. The molecule has 1 saturated heterocycles. The van der Waals surface area contributed by atoms with Crippen molar-refractivity contribution in [3.63, 3.8) is 0 Å². The first-order valence-electron chi connectivity index (χ1n) is 5.93. The van der Waals surface area contributed by atoms with Gasteiger partial charge in [0.15, 0.2) is 0 Å². The molecule has 1 N–H and O–H groups in total. The SMILES string of the molecule is O=C1NCCCN1CCCc1ccccc1. The number of aryl methyl sites for hydroxylation is 1. The molecule has 1 aliphatic heterocycles. The van der Waals surface area contributed by atoms with E-state index in [2.05, 4.69) is 29.6 Å². The van der Waals surface area contributed by atoms with Gasteiger partial charge in [-0.25, -0.2) is 4.79 Å². The molecule has 1 fully saturated rings. The molecular weight excluding hydrogens is 200 g/mol. The van der Waals surface area contributed by atoms with Crippen LogP contribution in [0.4, 0.5) is 4.79 Å². The van der Waals surface area contributed by atoms with E-state index < -0.39 is 0 Å². The van der Waals surface area contributed by atoms with Gasteiger partial charge in [0.1, 0.15) is 0 Å². The molecule has 0 aliphatic carbocycles. The van der Waals surface area contributed by atoms with Crippen molar-refractivity contribution in [2.75, 3.05) is 19.6 Å². The van der Waals surface area contributed by atoms with E-state index in [9.17, 15) is 4.79 Å². The van der Waals surface area contributed by atoms with Gasteiger partial charge >= 0.3 is 6.03 Å². The van der Waals surface area contributed by atoms with E-state index in [1.807, 2.05) is 11.0 Å². The molecule has 0 unspecified atom stereocenters. The van der Waals surface area contributed by atoms with Crippen LogP contribution in [0.2, 0.25) is 0 Å². The van der Waals surface area contributed by atoms with Crippen LogP contribution < -0.4 is 5.32 Å². The Kier molecular flexibility index (Phi) is 3.81. The normalized spacial score (nSPS) is 16.0. The van der Waals surface area contributed by atoms with E-state index in [0.717, 1.165) is 38.9 Å². The van der Waals surface area contributed by atoms with Crippen molar-refractivity contribution in [1.82, 2.24) is 10.2 Å². The van der Waals surface area contributed by atoms with Crippen LogP contribution in [0.1, 0.15) is 18.4 Å². The maximum absolute atomic E-state index is 11.5. The summed E-state index contributed by atoms with van der Waals surface area (Å²) in [5, 5.41) is 2.87. The lowest BCUT2D eigenvalue weighted by Gasteiger charge is -2.27. The maximum atomic E-state index is 11.5. The first kappa shape index (κ1) is 11.0. The molecule has 0 aromatic heterocycles. The fourth-order valence-electron chi connectivity index (χ4n) is 2.01. The van der Waals surface area contributed by atoms with E-state index in [0.29, 0.717) is 0 Å². The average molecular weight is 218 g/mol. The topological polar surface area (TPSA) is 32.3 Å². The van der Waals surface area contributed by atoms with Crippen LogP contribution in [0.3, 0.4) is 0 Å². The van der Waals surface area contributed by atoms with Gasteiger partial charge in [-0.15, -0.1) is 0 Å². The average Bonchev–Trinajstić information content (AvgIpc) is 2.33. The second kappa shape index (κ2) is 5.54. The van der Waals surface area contributed by atoms with Crippen molar-refractivity contribution < 1.29 is 4.79 Å². The number of hydrogen-bond acceptors (Lipinski definition) is 1. The molecule has 2 rings (SSSR count). The predicted octanol–water partition coefficient (Wildman–Crippen LogP) is 2.03. The Morgan fingerprint density at radius 2 is 2.06 bits per heavy atom. The number of carbonyl (C=O) groups is 1. The lowest BCUT2D eigenvalue weighted by Crippen LogP contribution is -2.46. The minimum absolute atomic E-state index is 0.0966. The number of rotatable bonds is 4. The van der Waals surface area contributed by atoms with Crippen molar-refractivity contribution >= 4 is 6.03 Å². The van der Waals surface area contributed by atoms with Gasteiger partial charge in [0, 0.05) is 19.6 Å². The number of benzene rings is 1. The Morgan fingerprint density at radius 3 is 2.81 bits per heavy atom. The summed E-state index contributed by atoms with van der Waals surface area (Å²) in [6.07, 6.45) is 3.15. The number of carbonyl (C=O) groups excluding carboxylic acids is 1. The maximum Gasteiger partial charge on any atom is 0.317 e. The van der Waals surface area contributed by atoms with Crippen molar-refractivity contribution in [2.45, 2.75) is 19.3 Å². The molecule has 0 atom stereocenters. The fraction of sp³-hybridized carbons (Fsp3) is 0.462. The van der Waals surface area contributed by atoms with Crippen LogP contribution in [0.5, 0.6) is 0 Å². The van der Waals surface area contributed by atoms with Gasteiger partial charge in [-0.05, 0) is 24.8 Å². The second-order valence-corrected chi connectivity index (χ2v) is 4.16. The number of urea groups is 1. The smallest absolute Gasteiger partial charge is 0.317 e. The van der Waals surface area contributed by atoms with Gasteiger partial charge in [0.2, 0.25) is 0 Å². The van der Waals surface area contributed by atoms with E-state index in [4.69, 9.17) is 0 Å². The number of nitrogens with zero attached hydrogens (tertiary/aromatic N) is 1. The van der Waals surface area contributed by atoms with Crippen molar-refractivity contribution in [3.05, 3.63) is 35.9 Å². The molecule has 3 nitrogen and oxygen atoms in total. The fourth-order valence-corrected chi connectivity index (χ4v) is 2.01. The predicted molar refractivity (Wildman–Crippen MR) is 64.4 cm³/mol. The summed E-state index contributed by atoms with van der Waals surface area (Å²) >= 11 is 0. The zero-order valence-corrected chi connectivity index (χ0v) is 9.48. The molecule has 0 spiro atoms. The first-order chi connectivity index (χ1) is 7.86. The van der Waals surface area contributed by atoms with Crippen molar-refractivity contribution in [3.8, 4) is 0 Å². The van der Waals surface area contributed by atoms with Crippen LogP contribution >= 0.6 is 0 Å². The molecule has 2 amide bonds. The largest absolute Gasteiger partial charge is 0.338 e. The molecule has 0 radical (unpaired) electrons. The van der Waals surface area contributed by atoms with Crippen LogP contribution in [0.25, 0.3) is 0 Å². The third-order valence-corrected chi connectivity index (χ3v) is 2.90. The quantitative estimate of drug-likeness (QED) is 0.824. The molecule has 1 aliphatic rings. The van der Waals surface area contributed by atoms with Crippen LogP contribution in [0, 0.1) is 0 Å². The molecule has 3 heteroatoms. The Labute approximate surface area is 96.5 Å². The van der Waals surface area contributed by atoms with E-state index in [1.54, 1.807) is 0 Å². The summed E-state index contributed by atoms with van der Waals surface area (Å²) in [6.45, 7) is 2.59. The molecule has 1 aromatic carbocycles. The van der Waals surface area contributed by atoms with Gasteiger partial charge < -0.3 is 10.2 Å². The highest BCUT2D eigenvalue weighted by Crippen LogP contribution is 2.05. The van der Waals surface area contributed by atoms with Crippen LogP contribution in [-0.4, -0.2) is 30.6 Å². The highest BCUT2D eigenvalue weighted by Gasteiger charge is 2.16. The number of amides is 2. The van der Waals surface area contributed by atoms with Crippen molar-refractivity contribution in [2.24, 2.45) is 0 Å². The van der Waals surface area contributed by atoms with Crippen molar-refractivity contribution in [1.29, 1.82) is 0 Å². The third kappa shape index (κ3) is 2.99. The Balaban J connectivity index is 1.73. The third-order valence-electron chi connectivity index (χ3n) is 2.90. The summed E-state index contributed by atoms with van der Waals surface area (Å²) in [4.78, 5) is 13.4. The summed E-state index contributed by atoms with van der Waals surface area (Å²) in [6, 6.07) is 10.5. The Hall–Kier alpha value is -1.51. The first-order valence-corrected chi connectivity index (χ1v) is 5.93. The molecule has 1 heterocycles. The molecule has 16 heavy (non-hydrogen) atoms. The monoisotopic (exact) mass is 218 g/mol. The molecular formula is C13H18N2O. The van der Waals surface area contributed by atoms with E-state index in [-0.39, 0.29) is 6.03 Å². The van der Waals surface area contributed by atoms with Gasteiger partial charge in [0.25, 0.3) is 0 Å². The lowest BCUT2D eigenvalue weighted by molar-refractivity contribution is 0.185. The Morgan fingerprint density at radius 1 is 1.25 bits per heavy atom. The molecule has 1 aromatic rings. The van der Waals surface area contributed by atoms with Crippen LogP contribution in [0.15, 0.2) is 30.3 Å². The number of hydrogen-bond donors (Lipinski definition) is 1. The second-order valence-electron chi connectivity index (χ2n) is 4.16. The molecule has 86 valence electrons. The highest BCUT2D eigenvalue weighted by molar-refractivity contribution is 5.74.